The van der Waals surface area contributed by atoms with E-state index in [9.17, 15) is 8.42 Å². The molecule has 0 aliphatic carbocycles. The lowest BCUT2D eigenvalue weighted by atomic mass is 9.94. The number of hydrogen-bond donors (Lipinski definition) is 1. The molecule has 0 spiro atoms. The van der Waals surface area contributed by atoms with Gasteiger partial charge in [-0.25, -0.2) is 8.42 Å². The van der Waals surface area contributed by atoms with Crippen molar-refractivity contribution in [3.05, 3.63) is 71.8 Å². The van der Waals surface area contributed by atoms with Crippen LogP contribution in [0.1, 0.15) is 17.5 Å². The molecule has 5 heteroatoms. The van der Waals surface area contributed by atoms with Gasteiger partial charge >= 0.3 is 0 Å². The molecule has 2 N–H and O–H groups in total. The lowest BCUT2D eigenvalue weighted by Crippen LogP contribution is -2.54. The second kappa shape index (κ2) is 7.05. The van der Waals surface area contributed by atoms with Gasteiger partial charge in [-0.15, -0.1) is 0 Å². The number of hydrogen-bond acceptors (Lipinski definition) is 4. The summed E-state index contributed by atoms with van der Waals surface area (Å²) in [6.45, 7) is 1.75. The highest BCUT2D eigenvalue weighted by atomic mass is 32.2. The van der Waals surface area contributed by atoms with Crippen molar-refractivity contribution >= 4 is 9.84 Å². The Morgan fingerprint density at radius 2 is 1.42 bits per heavy atom. The van der Waals surface area contributed by atoms with E-state index in [2.05, 4.69) is 29.2 Å². The Morgan fingerprint density at radius 3 is 1.79 bits per heavy atom. The molecule has 0 bridgehead atoms. The maximum atomic E-state index is 12.1. The molecule has 2 aromatic rings. The molecule has 0 amide bonds. The second-order valence-electron chi connectivity index (χ2n) is 6.60. The van der Waals surface area contributed by atoms with Gasteiger partial charge in [-0.1, -0.05) is 60.7 Å². The lowest BCUT2D eigenvalue weighted by Gasteiger charge is -2.40. The van der Waals surface area contributed by atoms with Crippen molar-refractivity contribution in [1.29, 1.82) is 0 Å². The molecule has 0 radical (unpaired) electrons. The number of rotatable bonds is 6. The molecule has 1 fully saturated rings. The molecule has 0 aromatic heterocycles. The molecule has 0 saturated carbocycles. The zero-order valence-electron chi connectivity index (χ0n) is 13.8. The minimum absolute atomic E-state index is 0.149. The van der Waals surface area contributed by atoms with Gasteiger partial charge < -0.3 is 5.73 Å². The summed E-state index contributed by atoms with van der Waals surface area (Å²) in [5, 5.41) is 0. The smallest absolute Gasteiger partial charge is 0.152 e. The highest BCUT2D eigenvalue weighted by molar-refractivity contribution is 7.91. The van der Waals surface area contributed by atoms with Gasteiger partial charge in [0.2, 0.25) is 0 Å². The Hall–Kier alpha value is -1.69. The predicted octanol–water partition coefficient (Wildman–Crippen LogP) is 2.20. The predicted molar refractivity (Wildman–Crippen MR) is 97.2 cm³/mol. The average molecular weight is 344 g/mol. The second-order valence-corrected chi connectivity index (χ2v) is 8.78. The fourth-order valence-electron chi connectivity index (χ4n) is 3.44. The van der Waals surface area contributed by atoms with E-state index in [1.807, 2.05) is 36.4 Å². The highest BCUT2D eigenvalue weighted by Crippen LogP contribution is 2.32. The van der Waals surface area contributed by atoms with Gasteiger partial charge in [-0.2, -0.15) is 0 Å². The molecule has 2 aromatic carbocycles. The first-order chi connectivity index (χ1) is 11.5. The maximum Gasteiger partial charge on any atom is 0.152 e. The molecule has 1 heterocycles. The summed E-state index contributed by atoms with van der Waals surface area (Å²) < 4.78 is 24.3. The molecule has 4 nitrogen and oxygen atoms in total. The number of nitrogens with zero attached hydrogens (tertiary/aromatic N) is 1. The first-order valence-corrected chi connectivity index (χ1v) is 10.1. The summed E-state index contributed by atoms with van der Waals surface area (Å²) in [5.74, 6) is 0.375. The molecular weight excluding hydrogens is 320 g/mol. The minimum Gasteiger partial charge on any atom is -0.329 e. The van der Waals surface area contributed by atoms with Gasteiger partial charge in [-0.05, 0) is 17.5 Å². The summed E-state index contributed by atoms with van der Waals surface area (Å²) in [6, 6.07) is 20.3. The van der Waals surface area contributed by atoms with Crippen LogP contribution in [-0.2, 0) is 22.9 Å². The first-order valence-electron chi connectivity index (χ1n) is 8.26. The van der Waals surface area contributed by atoms with Crippen LogP contribution < -0.4 is 5.73 Å². The van der Waals surface area contributed by atoms with Crippen LogP contribution >= 0.6 is 0 Å². The summed E-state index contributed by atoms with van der Waals surface area (Å²) in [7, 11) is -3.02. The van der Waals surface area contributed by atoms with Crippen molar-refractivity contribution in [2.24, 2.45) is 5.73 Å². The molecule has 3 rings (SSSR count). The van der Waals surface area contributed by atoms with Gasteiger partial charge in [0.05, 0.1) is 11.5 Å². The minimum atomic E-state index is -3.02. The van der Waals surface area contributed by atoms with Gasteiger partial charge in [-0.3, -0.25) is 4.90 Å². The van der Waals surface area contributed by atoms with Crippen LogP contribution in [0.5, 0.6) is 0 Å². The largest absolute Gasteiger partial charge is 0.329 e. The van der Waals surface area contributed by atoms with E-state index < -0.39 is 15.4 Å². The molecule has 1 aliphatic rings. The Bertz CT molecular complexity index is 721. The zero-order chi connectivity index (χ0) is 17.0. The molecule has 1 aliphatic heterocycles. The summed E-state index contributed by atoms with van der Waals surface area (Å²) in [4.78, 5) is 2.25. The van der Waals surface area contributed by atoms with Crippen LogP contribution in [0.25, 0.3) is 0 Å². The number of benzene rings is 2. The molecule has 1 atom stereocenters. The van der Waals surface area contributed by atoms with Gasteiger partial charge in [0.25, 0.3) is 0 Å². The van der Waals surface area contributed by atoms with E-state index in [0.717, 1.165) is 0 Å². The Morgan fingerprint density at radius 1 is 0.917 bits per heavy atom. The first kappa shape index (κ1) is 17.1. The van der Waals surface area contributed by atoms with Crippen molar-refractivity contribution in [3.8, 4) is 0 Å². The van der Waals surface area contributed by atoms with E-state index in [0.29, 0.717) is 26.1 Å². The normalized spacial score (nSPS) is 22.8. The molecule has 1 saturated heterocycles. The van der Waals surface area contributed by atoms with E-state index in [1.54, 1.807) is 0 Å². The fraction of sp³-hybridized carbons (Fsp3) is 0.368. The van der Waals surface area contributed by atoms with Gasteiger partial charge in [0.15, 0.2) is 9.84 Å². The summed E-state index contributed by atoms with van der Waals surface area (Å²) in [6.07, 6.45) is 0.603. The fourth-order valence-corrected chi connectivity index (χ4v) is 5.54. The molecule has 128 valence electrons. The molecular formula is C19H24N2O2S. The van der Waals surface area contributed by atoms with Crippen LogP contribution in [0.2, 0.25) is 0 Å². The van der Waals surface area contributed by atoms with Crippen molar-refractivity contribution in [2.75, 3.05) is 18.1 Å². The number of sulfone groups is 1. The third kappa shape index (κ3) is 3.86. The summed E-state index contributed by atoms with van der Waals surface area (Å²) >= 11 is 0. The van der Waals surface area contributed by atoms with Crippen molar-refractivity contribution in [1.82, 2.24) is 4.90 Å². The van der Waals surface area contributed by atoms with Crippen LogP contribution in [-0.4, -0.2) is 36.9 Å². The monoisotopic (exact) mass is 344 g/mol. The SMILES string of the molecule is NCC1(N(Cc2ccccc2)Cc2ccccc2)CCS(=O)(=O)C1. The standard InChI is InChI=1S/C19H24N2O2S/c20-15-19(11-12-24(22,23)16-19)21(13-17-7-3-1-4-8-17)14-18-9-5-2-6-10-18/h1-10H,11-16,20H2. The quantitative estimate of drug-likeness (QED) is 0.873. The van der Waals surface area contributed by atoms with Crippen LogP contribution in [0.3, 0.4) is 0 Å². The molecule has 1 unspecified atom stereocenters. The van der Waals surface area contributed by atoms with E-state index in [1.165, 1.54) is 11.1 Å². The third-order valence-corrected chi connectivity index (χ3v) is 6.65. The third-order valence-electron chi connectivity index (χ3n) is 4.85. The van der Waals surface area contributed by atoms with E-state index >= 15 is 0 Å². The van der Waals surface area contributed by atoms with Gasteiger partial charge in [0, 0.05) is 25.2 Å². The Balaban J connectivity index is 1.91. The van der Waals surface area contributed by atoms with Crippen LogP contribution in [0.4, 0.5) is 0 Å². The summed E-state index contributed by atoms with van der Waals surface area (Å²) in [5.41, 5.74) is 7.95. The van der Waals surface area contributed by atoms with Crippen molar-refractivity contribution < 1.29 is 8.42 Å². The van der Waals surface area contributed by atoms with Crippen molar-refractivity contribution in [2.45, 2.75) is 25.0 Å². The lowest BCUT2D eigenvalue weighted by molar-refractivity contribution is 0.0983. The van der Waals surface area contributed by atoms with Crippen LogP contribution in [0.15, 0.2) is 60.7 Å². The topological polar surface area (TPSA) is 63.4 Å². The Kier molecular flexibility index (Phi) is 5.04. The van der Waals surface area contributed by atoms with Crippen LogP contribution in [0, 0.1) is 0 Å². The van der Waals surface area contributed by atoms with E-state index in [-0.39, 0.29) is 11.5 Å². The molecule has 24 heavy (non-hydrogen) atoms. The highest BCUT2D eigenvalue weighted by Gasteiger charge is 2.45. The average Bonchev–Trinajstić information content (AvgIpc) is 2.93. The number of nitrogens with two attached hydrogens (primary N) is 1. The zero-order valence-corrected chi connectivity index (χ0v) is 14.6. The maximum absolute atomic E-state index is 12.1. The van der Waals surface area contributed by atoms with E-state index in [4.69, 9.17) is 5.73 Å². The van der Waals surface area contributed by atoms with Gasteiger partial charge in [0.1, 0.15) is 0 Å². The Labute approximate surface area is 144 Å². The van der Waals surface area contributed by atoms with Crippen molar-refractivity contribution in [3.63, 3.8) is 0 Å².